The van der Waals surface area contributed by atoms with E-state index < -0.39 is 0 Å². The molecular formula is C18H19N3O3. The molecule has 2 aromatic carbocycles. The normalized spacial score (nSPS) is 14.8. The van der Waals surface area contributed by atoms with Crippen molar-refractivity contribution in [2.24, 2.45) is 5.10 Å². The maximum absolute atomic E-state index is 11.9. The molecule has 1 fully saturated rings. The molecule has 24 heavy (non-hydrogen) atoms. The number of anilines is 1. The van der Waals surface area contributed by atoms with Gasteiger partial charge in [-0.15, -0.1) is 0 Å². The molecule has 0 aromatic heterocycles. The summed E-state index contributed by atoms with van der Waals surface area (Å²) < 4.78 is 5.35. The number of ether oxygens (including phenoxy) is 1. The van der Waals surface area contributed by atoms with Crippen molar-refractivity contribution < 1.29 is 14.6 Å². The Morgan fingerprint density at radius 3 is 2.42 bits per heavy atom. The fraction of sp³-hybridized carbons (Fsp3) is 0.222. The van der Waals surface area contributed by atoms with Crippen molar-refractivity contribution in [3.8, 4) is 5.75 Å². The zero-order chi connectivity index (χ0) is 16.8. The Balaban J connectivity index is 1.56. The fourth-order valence-electron chi connectivity index (χ4n) is 2.44. The van der Waals surface area contributed by atoms with Crippen LogP contribution in [0.25, 0.3) is 0 Å². The van der Waals surface area contributed by atoms with Crippen LogP contribution >= 0.6 is 0 Å². The van der Waals surface area contributed by atoms with Crippen LogP contribution < -0.4 is 10.3 Å². The van der Waals surface area contributed by atoms with Gasteiger partial charge in [-0.1, -0.05) is 12.1 Å². The summed E-state index contributed by atoms with van der Waals surface area (Å²) in [5.41, 5.74) is 4.96. The lowest BCUT2D eigenvalue weighted by molar-refractivity contribution is 0.0955. The van der Waals surface area contributed by atoms with Crippen molar-refractivity contribution in [1.82, 2.24) is 5.43 Å². The molecule has 1 aliphatic rings. The van der Waals surface area contributed by atoms with Crippen LogP contribution in [-0.4, -0.2) is 43.5 Å². The van der Waals surface area contributed by atoms with Crippen LogP contribution in [0.15, 0.2) is 53.6 Å². The molecule has 0 radical (unpaired) electrons. The second kappa shape index (κ2) is 7.61. The van der Waals surface area contributed by atoms with Gasteiger partial charge in [0.15, 0.2) is 0 Å². The number of nitrogens with zero attached hydrogens (tertiary/aromatic N) is 2. The quantitative estimate of drug-likeness (QED) is 0.666. The number of rotatable bonds is 4. The summed E-state index contributed by atoms with van der Waals surface area (Å²) in [5.74, 6) is -0.202. The number of amides is 1. The topological polar surface area (TPSA) is 74.2 Å². The molecule has 2 aromatic rings. The first kappa shape index (κ1) is 16.0. The molecule has 6 heteroatoms. The number of nitrogens with one attached hydrogen (secondary N) is 1. The lowest BCUT2D eigenvalue weighted by Gasteiger charge is -2.28. The van der Waals surface area contributed by atoms with E-state index in [-0.39, 0.29) is 11.7 Å². The first-order valence-electron chi connectivity index (χ1n) is 7.77. The first-order valence-corrected chi connectivity index (χ1v) is 7.77. The highest BCUT2D eigenvalue weighted by Crippen LogP contribution is 2.16. The summed E-state index contributed by atoms with van der Waals surface area (Å²) in [7, 11) is 0. The molecule has 124 valence electrons. The third-order valence-corrected chi connectivity index (χ3v) is 3.78. The van der Waals surface area contributed by atoms with Gasteiger partial charge in [-0.25, -0.2) is 5.43 Å². The van der Waals surface area contributed by atoms with Gasteiger partial charge in [0.05, 0.1) is 19.4 Å². The van der Waals surface area contributed by atoms with E-state index in [1.165, 1.54) is 24.3 Å². The predicted molar refractivity (Wildman–Crippen MR) is 92.6 cm³/mol. The summed E-state index contributed by atoms with van der Waals surface area (Å²) in [4.78, 5) is 14.2. The maximum atomic E-state index is 11.9. The van der Waals surface area contributed by atoms with Crippen molar-refractivity contribution >= 4 is 17.8 Å². The summed E-state index contributed by atoms with van der Waals surface area (Å²) >= 11 is 0. The number of hydrazone groups is 1. The second-order valence-electron chi connectivity index (χ2n) is 5.44. The molecule has 2 N–H and O–H groups in total. The summed E-state index contributed by atoms with van der Waals surface area (Å²) in [5, 5.41) is 13.2. The molecule has 0 unspecified atom stereocenters. The Morgan fingerprint density at radius 2 is 1.75 bits per heavy atom. The number of morpholine rings is 1. The third kappa shape index (κ3) is 4.11. The summed E-state index contributed by atoms with van der Waals surface area (Å²) in [6, 6.07) is 14.0. The number of carbonyl (C=O) groups is 1. The monoisotopic (exact) mass is 325 g/mol. The highest BCUT2D eigenvalue weighted by molar-refractivity contribution is 5.95. The Bertz CT molecular complexity index is 705. The van der Waals surface area contributed by atoms with Crippen molar-refractivity contribution in [1.29, 1.82) is 0 Å². The van der Waals surface area contributed by atoms with E-state index in [9.17, 15) is 9.90 Å². The molecule has 1 amide bonds. The van der Waals surface area contributed by atoms with Gasteiger partial charge < -0.3 is 14.7 Å². The summed E-state index contributed by atoms with van der Waals surface area (Å²) in [6.07, 6.45) is 1.60. The Kier molecular flexibility index (Phi) is 5.08. The maximum Gasteiger partial charge on any atom is 0.271 e. The van der Waals surface area contributed by atoms with Gasteiger partial charge in [-0.05, 0) is 42.0 Å². The fourth-order valence-corrected chi connectivity index (χ4v) is 2.44. The van der Waals surface area contributed by atoms with E-state index in [1.807, 2.05) is 24.3 Å². The van der Waals surface area contributed by atoms with Crippen LogP contribution in [0.1, 0.15) is 15.9 Å². The molecule has 0 bridgehead atoms. The van der Waals surface area contributed by atoms with E-state index in [4.69, 9.17) is 4.74 Å². The van der Waals surface area contributed by atoms with Crippen molar-refractivity contribution in [2.75, 3.05) is 31.2 Å². The van der Waals surface area contributed by atoms with Crippen molar-refractivity contribution in [3.63, 3.8) is 0 Å². The molecule has 6 nitrogen and oxygen atoms in total. The average Bonchev–Trinajstić information content (AvgIpc) is 2.63. The number of aromatic hydroxyl groups is 1. The van der Waals surface area contributed by atoms with E-state index in [1.54, 1.807) is 6.21 Å². The highest BCUT2D eigenvalue weighted by Gasteiger charge is 2.10. The molecule has 0 saturated carbocycles. The zero-order valence-electron chi connectivity index (χ0n) is 13.2. The number of hydrogen-bond acceptors (Lipinski definition) is 5. The van der Waals surface area contributed by atoms with Gasteiger partial charge in [-0.2, -0.15) is 5.10 Å². The minimum atomic E-state index is -0.323. The average molecular weight is 325 g/mol. The minimum Gasteiger partial charge on any atom is -0.508 e. The lowest BCUT2D eigenvalue weighted by atomic mass is 10.2. The first-order chi connectivity index (χ1) is 11.7. The van der Waals surface area contributed by atoms with Crippen LogP contribution in [0.5, 0.6) is 5.75 Å². The van der Waals surface area contributed by atoms with Gasteiger partial charge in [0.1, 0.15) is 5.75 Å². The van der Waals surface area contributed by atoms with Gasteiger partial charge in [-0.3, -0.25) is 4.79 Å². The Morgan fingerprint density at radius 1 is 1.08 bits per heavy atom. The number of phenols is 1. The number of carbonyl (C=O) groups excluding carboxylic acids is 1. The molecule has 0 aliphatic carbocycles. The number of phenolic OH excluding ortho intramolecular Hbond substituents is 1. The molecular weight excluding hydrogens is 306 g/mol. The van der Waals surface area contributed by atoms with E-state index in [2.05, 4.69) is 15.4 Å². The van der Waals surface area contributed by atoms with Crippen LogP contribution in [-0.2, 0) is 4.74 Å². The van der Waals surface area contributed by atoms with Crippen LogP contribution in [0.3, 0.4) is 0 Å². The highest BCUT2D eigenvalue weighted by atomic mass is 16.5. The molecule has 1 saturated heterocycles. The SMILES string of the molecule is O=C(N/N=C\c1ccc(N2CCOCC2)cc1)c1ccc(O)cc1. The third-order valence-electron chi connectivity index (χ3n) is 3.78. The van der Waals surface area contributed by atoms with Crippen LogP contribution in [0.2, 0.25) is 0 Å². The smallest absolute Gasteiger partial charge is 0.271 e. The van der Waals surface area contributed by atoms with E-state index in [0.29, 0.717) is 5.56 Å². The lowest BCUT2D eigenvalue weighted by Crippen LogP contribution is -2.36. The minimum absolute atomic E-state index is 0.121. The van der Waals surface area contributed by atoms with E-state index >= 15 is 0 Å². The van der Waals surface area contributed by atoms with Crippen molar-refractivity contribution in [2.45, 2.75) is 0 Å². The Labute approximate surface area is 140 Å². The predicted octanol–water partition coefficient (Wildman–Crippen LogP) is 1.99. The molecule has 0 atom stereocenters. The van der Waals surface area contributed by atoms with Crippen LogP contribution in [0.4, 0.5) is 5.69 Å². The standard InChI is InChI=1S/C18H19N3O3/c22-17-7-3-15(4-8-17)18(23)20-19-13-14-1-5-16(6-2-14)21-9-11-24-12-10-21/h1-8,13,22H,9-12H2,(H,20,23)/b19-13-. The van der Waals surface area contributed by atoms with Gasteiger partial charge >= 0.3 is 0 Å². The number of hydrogen-bond donors (Lipinski definition) is 2. The second-order valence-corrected chi connectivity index (χ2v) is 5.44. The molecule has 1 heterocycles. The Hall–Kier alpha value is -2.86. The van der Waals surface area contributed by atoms with Gasteiger partial charge in [0.2, 0.25) is 0 Å². The molecule has 3 rings (SSSR count). The zero-order valence-corrected chi connectivity index (χ0v) is 13.2. The number of benzene rings is 2. The van der Waals surface area contributed by atoms with Gasteiger partial charge in [0.25, 0.3) is 5.91 Å². The van der Waals surface area contributed by atoms with Crippen molar-refractivity contribution in [3.05, 3.63) is 59.7 Å². The van der Waals surface area contributed by atoms with Crippen LogP contribution in [0, 0.1) is 0 Å². The molecule has 1 aliphatic heterocycles. The van der Waals surface area contributed by atoms with E-state index in [0.717, 1.165) is 37.6 Å². The summed E-state index contributed by atoms with van der Waals surface area (Å²) in [6.45, 7) is 3.31. The van der Waals surface area contributed by atoms with Gasteiger partial charge in [0, 0.05) is 24.3 Å². The largest absolute Gasteiger partial charge is 0.508 e. The molecule has 0 spiro atoms.